The van der Waals surface area contributed by atoms with Gasteiger partial charge < -0.3 is 4.90 Å². The van der Waals surface area contributed by atoms with Gasteiger partial charge in [-0.15, -0.1) is 0 Å². The van der Waals surface area contributed by atoms with Gasteiger partial charge in [0.2, 0.25) is 0 Å². The monoisotopic (exact) mass is 218 g/mol. The van der Waals surface area contributed by atoms with Crippen molar-refractivity contribution >= 4 is 15.9 Å². The van der Waals surface area contributed by atoms with Crippen LogP contribution < -0.4 is 0 Å². The molecule has 0 heterocycles. The van der Waals surface area contributed by atoms with Crippen LogP contribution in [0.2, 0.25) is 0 Å². The molecule has 2 nitrogen and oxygen atoms in total. The minimum atomic E-state index is -0.0308. The van der Waals surface area contributed by atoms with E-state index in [0.717, 1.165) is 18.3 Å². The first-order valence-corrected chi connectivity index (χ1v) is 4.88. The van der Waals surface area contributed by atoms with E-state index in [2.05, 4.69) is 22.1 Å². The van der Waals surface area contributed by atoms with E-state index < -0.39 is 0 Å². The van der Waals surface area contributed by atoms with Crippen LogP contribution in [-0.4, -0.2) is 22.3 Å². The largest absolute Gasteiger partial charge is 0.305 e. The predicted molar refractivity (Wildman–Crippen MR) is 50.5 cm³/mol. The maximum absolute atomic E-state index is 8.75. The van der Waals surface area contributed by atoms with Crippen molar-refractivity contribution in [3.05, 3.63) is 0 Å². The molecule has 0 bridgehead atoms. The lowest BCUT2D eigenvalue weighted by atomic mass is 10.1. The quantitative estimate of drug-likeness (QED) is 0.414. The summed E-state index contributed by atoms with van der Waals surface area (Å²) < 4.78 is 0. The zero-order valence-corrected chi connectivity index (χ0v) is 8.98. The molecule has 0 saturated heterocycles. The lowest BCUT2D eigenvalue weighted by molar-refractivity contribution is 0.219. The predicted octanol–water partition coefficient (Wildman–Crippen LogP) is 2.35. The van der Waals surface area contributed by atoms with Crippen LogP contribution in [0.5, 0.6) is 0 Å². The van der Waals surface area contributed by atoms with Crippen LogP contribution in [-0.2, 0) is 0 Å². The maximum atomic E-state index is 8.75. The van der Waals surface area contributed by atoms with Crippen molar-refractivity contribution in [2.24, 2.45) is 0 Å². The van der Waals surface area contributed by atoms with Gasteiger partial charge >= 0.3 is 0 Å². The summed E-state index contributed by atoms with van der Waals surface area (Å²) in [5.74, 6) is 0. The third kappa shape index (κ3) is 4.26. The molecule has 0 atom stereocenters. The lowest BCUT2D eigenvalue weighted by Gasteiger charge is -2.30. The molecule has 0 aromatic rings. The molecule has 0 N–H and O–H groups in total. The molecule has 0 saturated carbocycles. The van der Waals surface area contributed by atoms with Crippen LogP contribution in [0.3, 0.4) is 0 Å². The molecule has 3 heteroatoms. The highest BCUT2D eigenvalue weighted by Crippen LogP contribution is 2.11. The van der Waals surface area contributed by atoms with E-state index in [9.17, 15) is 0 Å². The normalized spacial score (nSPS) is 10.8. The molecule has 0 unspecified atom stereocenters. The number of nitriles is 1. The van der Waals surface area contributed by atoms with E-state index in [4.69, 9.17) is 5.26 Å². The van der Waals surface area contributed by atoms with E-state index >= 15 is 0 Å². The lowest BCUT2D eigenvalue weighted by Crippen LogP contribution is -2.38. The van der Waals surface area contributed by atoms with E-state index in [0.29, 0.717) is 0 Å². The molecule has 0 fully saturated rings. The summed E-state index contributed by atoms with van der Waals surface area (Å²) >= 11 is 3.34. The molecule has 0 rings (SSSR count). The van der Waals surface area contributed by atoms with Crippen LogP contribution in [0.1, 0.15) is 27.2 Å². The van der Waals surface area contributed by atoms with Crippen molar-refractivity contribution in [3.8, 4) is 6.19 Å². The van der Waals surface area contributed by atoms with Crippen molar-refractivity contribution in [1.29, 1.82) is 5.26 Å². The molecule has 0 spiro atoms. The summed E-state index contributed by atoms with van der Waals surface area (Å²) in [4.78, 5) is 1.80. The topological polar surface area (TPSA) is 27.0 Å². The highest BCUT2D eigenvalue weighted by atomic mass is 79.9. The van der Waals surface area contributed by atoms with E-state index in [1.165, 1.54) is 0 Å². The highest BCUT2D eigenvalue weighted by molar-refractivity contribution is 9.09. The van der Waals surface area contributed by atoms with Crippen molar-refractivity contribution in [2.75, 3.05) is 11.9 Å². The van der Waals surface area contributed by atoms with Crippen LogP contribution in [0, 0.1) is 11.5 Å². The molecular formula is C8H15BrN2. The Kier molecular flexibility index (Phi) is 4.51. The van der Waals surface area contributed by atoms with E-state index in [1.807, 2.05) is 20.8 Å². The Morgan fingerprint density at radius 1 is 1.45 bits per heavy atom. The fourth-order valence-corrected chi connectivity index (χ4v) is 1.00. The minimum absolute atomic E-state index is 0.0308. The summed E-state index contributed by atoms with van der Waals surface area (Å²) in [7, 11) is 0. The van der Waals surface area contributed by atoms with Crippen molar-refractivity contribution in [1.82, 2.24) is 4.90 Å². The summed E-state index contributed by atoms with van der Waals surface area (Å²) in [5, 5.41) is 9.71. The van der Waals surface area contributed by atoms with Crippen LogP contribution in [0.15, 0.2) is 0 Å². The van der Waals surface area contributed by atoms with Gasteiger partial charge in [-0.1, -0.05) is 15.9 Å². The van der Waals surface area contributed by atoms with Crippen molar-refractivity contribution in [2.45, 2.75) is 32.7 Å². The smallest absolute Gasteiger partial charge is 0.179 e. The summed E-state index contributed by atoms with van der Waals surface area (Å²) in [6.07, 6.45) is 3.21. The van der Waals surface area contributed by atoms with Gasteiger partial charge in [-0.3, -0.25) is 0 Å². The molecule has 0 radical (unpaired) electrons. The third-order valence-corrected chi connectivity index (χ3v) is 2.01. The number of halogens is 1. The first-order chi connectivity index (χ1) is 5.02. The maximum Gasteiger partial charge on any atom is 0.179 e. The third-order valence-electron chi connectivity index (χ3n) is 1.45. The SMILES string of the molecule is CC(C)(C)N(C#N)CCCBr. The van der Waals surface area contributed by atoms with Crippen LogP contribution >= 0.6 is 15.9 Å². The Hall–Kier alpha value is -0.230. The van der Waals surface area contributed by atoms with Gasteiger partial charge in [0.1, 0.15) is 0 Å². The molecule has 0 amide bonds. The Morgan fingerprint density at radius 3 is 2.27 bits per heavy atom. The highest BCUT2D eigenvalue weighted by Gasteiger charge is 2.18. The Labute approximate surface area is 77.3 Å². The van der Waals surface area contributed by atoms with Gasteiger partial charge in [-0.2, -0.15) is 5.26 Å². The van der Waals surface area contributed by atoms with Crippen LogP contribution in [0.4, 0.5) is 0 Å². The number of hydrogen-bond donors (Lipinski definition) is 0. The molecule has 64 valence electrons. The molecule has 0 aromatic heterocycles. The zero-order valence-electron chi connectivity index (χ0n) is 7.39. The molecule has 0 aliphatic heterocycles. The minimum Gasteiger partial charge on any atom is -0.305 e. The zero-order chi connectivity index (χ0) is 8.91. The number of alkyl halides is 1. The van der Waals surface area contributed by atoms with E-state index in [-0.39, 0.29) is 5.54 Å². The van der Waals surface area contributed by atoms with Crippen LogP contribution in [0.25, 0.3) is 0 Å². The second kappa shape index (κ2) is 4.61. The fraction of sp³-hybridized carbons (Fsp3) is 0.875. The number of rotatable bonds is 3. The molecule has 0 aliphatic rings. The van der Waals surface area contributed by atoms with Gasteiger partial charge in [-0.05, 0) is 27.2 Å². The molecule has 11 heavy (non-hydrogen) atoms. The second-order valence-electron chi connectivity index (χ2n) is 3.46. The molecule has 0 aromatic carbocycles. The second-order valence-corrected chi connectivity index (χ2v) is 4.26. The van der Waals surface area contributed by atoms with Crippen molar-refractivity contribution in [3.63, 3.8) is 0 Å². The first kappa shape index (κ1) is 10.8. The van der Waals surface area contributed by atoms with Gasteiger partial charge in [0.25, 0.3) is 0 Å². The molecule has 0 aliphatic carbocycles. The average molecular weight is 219 g/mol. The Morgan fingerprint density at radius 2 is 2.00 bits per heavy atom. The van der Waals surface area contributed by atoms with Gasteiger partial charge in [-0.25, -0.2) is 0 Å². The summed E-state index contributed by atoms with van der Waals surface area (Å²) in [5.41, 5.74) is -0.0308. The van der Waals surface area contributed by atoms with Gasteiger partial charge in [0.15, 0.2) is 6.19 Å². The number of nitrogens with zero attached hydrogens (tertiary/aromatic N) is 2. The Balaban J connectivity index is 3.89. The van der Waals surface area contributed by atoms with Crippen molar-refractivity contribution < 1.29 is 0 Å². The summed E-state index contributed by atoms with van der Waals surface area (Å²) in [6.45, 7) is 6.98. The first-order valence-electron chi connectivity index (χ1n) is 3.75. The van der Waals surface area contributed by atoms with Gasteiger partial charge in [0.05, 0.1) is 0 Å². The van der Waals surface area contributed by atoms with E-state index in [1.54, 1.807) is 4.90 Å². The summed E-state index contributed by atoms with van der Waals surface area (Å²) in [6, 6.07) is 0. The standard InChI is InChI=1S/C8H15BrN2/c1-8(2,3)11(7-10)6-4-5-9/h4-6H2,1-3H3. The number of hydrogen-bond acceptors (Lipinski definition) is 2. The fourth-order valence-electron chi connectivity index (χ4n) is 0.753. The average Bonchev–Trinajstić information content (AvgIpc) is 1.87. The van der Waals surface area contributed by atoms with Gasteiger partial charge in [0, 0.05) is 17.4 Å². The Bertz CT molecular complexity index is 143. The molecular weight excluding hydrogens is 204 g/mol.